The number of hydrogen-bond donors (Lipinski definition) is 1. The molecule has 0 atom stereocenters. The second-order valence-electron chi connectivity index (χ2n) is 6.75. The van der Waals surface area contributed by atoms with Crippen LogP contribution in [0.4, 0.5) is 10.5 Å². The van der Waals surface area contributed by atoms with Crippen LogP contribution in [-0.4, -0.2) is 23.9 Å². The average molecular weight is 433 g/mol. The van der Waals surface area contributed by atoms with Gasteiger partial charge < -0.3 is 4.74 Å². The lowest BCUT2D eigenvalue weighted by molar-refractivity contribution is -0.122. The summed E-state index contributed by atoms with van der Waals surface area (Å²) in [6.45, 7) is 5.49. The highest BCUT2D eigenvalue weighted by Crippen LogP contribution is 2.30. The minimum Gasteiger partial charge on any atom is -0.489 e. The number of halogens is 2. The first-order valence-electron chi connectivity index (χ1n) is 8.81. The van der Waals surface area contributed by atoms with E-state index in [9.17, 15) is 14.4 Å². The molecule has 3 rings (SSSR count). The Kier molecular flexibility index (Phi) is 5.96. The standard InChI is InChI=1S/C21H18Cl2N2O4/c1-11(2)29-18-7-5-13(9-16(18)23)8-15-19(26)24-21(28)25(20(15)27)17-10-14(22)6-4-12(17)3/h4-11H,1-3H3,(H,24,26,28)/b15-8+. The SMILES string of the molecule is Cc1ccc(Cl)cc1N1C(=O)NC(=O)/C(=C\c2ccc(OC(C)C)c(Cl)c2)C1=O. The van der Waals surface area contributed by atoms with Crippen molar-refractivity contribution in [3.8, 4) is 5.75 Å². The van der Waals surface area contributed by atoms with Crippen molar-refractivity contribution in [1.82, 2.24) is 5.32 Å². The lowest BCUT2D eigenvalue weighted by atomic mass is 10.1. The van der Waals surface area contributed by atoms with Crippen molar-refractivity contribution in [2.45, 2.75) is 26.9 Å². The molecule has 6 nitrogen and oxygen atoms in total. The Morgan fingerprint density at radius 3 is 2.45 bits per heavy atom. The van der Waals surface area contributed by atoms with Crippen LogP contribution in [0.3, 0.4) is 0 Å². The zero-order chi connectivity index (χ0) is 21.3. The van der Waals surface area contributed by atoms with Gasteiger partial charge in [0, 0.05) is 5.02 Å². The molecule has 150 valence electrons. The Balaban J connectivity index is 1.99. The van der Waals surface area contributed by atoms with E-state index in [4.69, 9.17) is 27.9 Å². The minimum atomic E-state index is -0.832. The zero-order valence-electron chi connectivity index (χ0n) is 16.0. The number of urea groups is 1. The Morgan fingerprint density at radius 1 is 1.07 bits per heavy atom. The molecule has 8 heteroatoms. The molecule has 4 amide bonds. The number of barbiturate groups is 1. The number of hydrogen-bond acceptors (Lipinski definition) is 4. The number of nitrogens with zero attached hydrogens (tertiary/aromatic N) is 1. The molecule has 0 radical (unpaired) electrons. The van der Waals surface area contributed by atoms with Crippen molar-refractivity contribution in [3.63, 3.8) is 0 Å². The van der Waals surface area contributed by atoms with E-state index in [0.29, 0.717) is 32.6 Å². The topological polar surface area (TPSA) is 75.7 Å². The van der Waals surface area contributed by atoms with Gasteiger partial charge in [0.1, 0.15) is 11.3 Å². The molecule has 1 saturated heterocycles. The first-order valence-corrected chi connectivity index (χ1v) is 9.57. The summed E-state index contributed by atoms with van der Waals surface area (Å²) in [5, 5.41) is 2.89. The normalized spacial score (nSPS) is 15.9. The number of anilines is 1. The highest BCUT2D eigenvalue weighted by molar-refractivity contribution is 6.40. The van der Waals surface area contributed by atoms with E-state index in [0.717, 1.165) is 4.90 Å². The Morgan fingerprint density at radius 2 is 1.79 bits per heavy atom. The summed E-state index contributed by atoms with van der Waals surface area (Å²) in [5.41, 5.74) is 1.28. The fraction of sp³-hybridized carbons (Fsp3) is 0.190. The smallest absolute Gasteiger partial charge is 0.335 e. The predicted molar refractivity (Wildman–Crippen MR) is 112 cm³/mol. The molecular weight excluding hydrogens is 415 g/mol. The van der Waals surface area contributed by atoms with Crippen LogP contribution in [-0.2, 0) is 9.59 Å². The van der Waals surface area contributed by atoms with Crippen LogP contribution >= 0.6 is 23.2 Å². The van der Waals surface area contributed by atoms with Crippen LogP contribution in [0.5, 0.6) is 5.75 Å². The highest BCUT2D eigenvalue weighted by atomic mass is 35.5. The van der Waals surface area contributed by atoms with E-state index in [-0.39, 0.29) is 11.7 Å². The molecule has 1 aliphatic rings. The second kappa shape index (κ2) is 8.27. The number of amides is 4. The van der Waals surface area contributed by atoms with Crippen molar-refractivity contribution >= 4 is 52.8 Å². The molecule has 1 aliphatic heterocycles. The maximum absolute atomic E-state index is 13.0. The fourth-order valence-electron chi connectivity index (χ4n) is 2.82. The average Bonchev–Trinajstić information content (AvgIpc) is 2.63. The molecule has 1 N–H and O–H groups in total. The Bertz CT molecular complexity index is 1050. The van der Waals surface area contributed by atoms with Gasteiger partial charge in [-0.1, -0.05) is 35.3 Å². The maximum Gasteiger partial charge on any atom is 0.335 e. The number of imide groups is 2. The molecule has 0 bridgehead atoms. The summed E-state index contributed by atoms with van der Waals surface area (Å²) in [6, 6.07) is 8.91. The van der Waals surface area contributed by atoms with Gasteiger partial charge in [-0.25, -0.2) is 9.69 Å². The molecular formula is C21H18Cl2N2O4. The quantitative estimate of drug-likeness (QED) is 0.558. The third kappa shape index (κ3) is 4.44. The van der Waals surface area contributed by atoms with Gasteiger partial charge in [0.15, 0.2) is 0 Å². The van der Waals surface area contributed by atoms with Gasteiger partial charge in [0.05, 0.1) is 16.8 Å². The van der Waals surface area contributed by atoms with E-state index in [1.165, 1.54) is 12.1 Å². The van der Waals surface area contributed by atoms with Crippen LogP contribution in [0.2, 0.25) is 10.0 Å². The van der Waals surface area contributed by atoms with Crippen LogP contribution in [0.15, 0.2) is 42.0 Å². The van der Waals surface area contributed by atoms with Crippen LogP contribution < -0.4 is 15.0 Å². The minimum absolute atomic E-state index is 0.0529. The largest absolute Gasteiger partial charge is 0.489 e. The highest BCUT2D eigenvalue weighted by Gasteiger charge is 2.37. The predicted octanol–water partition coefficient (Wildman–Crippen LogP) is 4.76. The van der Waals surface area contributed by atoms with Gasteiger partial charge in [-0.15, -0.1) is 0 Å². The van der Waals surface area contributed by atoms with Crippen molar-refractivity contribution < 1.29 is 19.1 Å². The number of benzene rings is 2. The van der Waals surface area contributed by atoms with Gasteiger partial charge in [0.25, 0.3) is 11.8 Å². The molecule has 0 aromatic heterocycles. The van der Waals surface area contributed by atoms with Gasteiger partial charge in [-0.3, -0.25) is 14.9 Å². The molecule has 1 heterocycles. The Labute approximate surface area is 178 Å². The number of nitrogens with one attached hydrogen (secondary N) is 1. The number of aryl methyl sites for hydroxylation is 1. The van der Waals surface area contributed by atoms with Crippen molar-refractivity contribution in [1.29, 1.82) is 0 Å². The van der Waals surface area contributed by atoms with E-state index in [1.54, 1.807) is 37.3 Å². The summed E-state index contributed by atoms with van der Waals surface area (Å²) < 4.78 is 5.58. The second-order valence-corrected chi connectivity index (χ2v) is 7.59. The first-order chi connectivity index (χ1) is 13.7. The van der Waals surface area contributed by atoms with E-state index in [1.807, 2.05) is 13.8 Å². The van der Waals surface area contributed by atoms with Gasteiger partial charge in [-0.2, -0.15) is 0 Å². The van der Waals surface area contributed by atoms with Crippen molar-refractivity contribution in [2.75, 3.05) is 4.90 Å². The van der Waals surface area contributed by atoms with Crippen LogP contribution in [0.25, 0.3) is 6.08 Å². The molecule has 1 fully saturated rings. The zero-order valence-corrected chi connectivity index (χ0v) is 17.5. The summed E-state index contributed by atoms with van der Waals surface area (Å²) in [4.78, 5) is 38.5. The van der Waals surface area contributed by atoms with Gasteiger partial charge >= 0.3 is 6.03 Å². The molecule has 0 aliphatic carbocycles. The van der Waals surface area contributed by atoms with Gasteiger partial charge in [0.2, 0.25) is 0 Å². The monoisotopic (exact) mass is 432 g/mol. The van der Waals surface area contributed by atoms with E-state index < -0.39 is 17.8 Å². The fourth-order valence-corrected chi connectivity index (χ4v) is 3.22. The maximum atomic E-state index is 13.0. The third-order valence-electron chi connectivity index (χ3n) is 4.14. The van der Waals surface area contributed by atoms with Crippen molar-refractivity contribution in [3.05, 3.63) is 63.1 Å². The third-order valence-corrected chi connectivity index (χ3v) is 4.67. The lowest BCUT2D eigenvalue weighted by Crippen LogP contribution is -2.54. The first kappa shape index (κ1) is 20.9. The summed E-state index contributed by atoms with van der Waals surface area (Å²) in [7, 11) is 0. The van der Waals surface area contributed by atoms with E-state index in [2.05, 4.69) is 5.32 Å². The summed E-state index contributed by atoms with van der Waals surface area (Å²) in [5.74, 6) is -1.04. The van der Waals surface area contributed by atoms with Crippen molar-refractivity contribution in [2.24, 2.45) is 0 Å². The molecule has 29 heavy (non-hydrogen) atoms. The number of carbonyl (C=O) groups excluding carboxylic acids is 3. The number of carbonyl (C=O) groups is 3. The summed E-state index contributed by atoms with van der Waals surface area (Å²) >= 11 is 12.2. The summed E-state index contributed by atoms with van der Waals surface area (Å²) in [6.07, 6.45) is 1.32. The molecule has 0 saturated carbocycles. The number of rotatable bonds is 4. The van der Waals surface area contributed by atoms with Gasteiger partial charge in [-0.05, 0) is 62.2 Å². The molecule has 0 spiro atoms. The van der Waals surface area contributed by atoms with Crippen LogP contribution in [0.1, 0.15) is 25.0 Å². The molecule has 0 unspecified atom stereocenters. The number of ether oxygens (including phenoxy) is 1. The van der Waals surface area contributed by atoms with E-state index >= 15 is 0 Å². The Hall–Kier alpha value is -2.83. The molecule has 2 aromatic rings. The van der Waals surface area contributed by atoms with Crippen LogP contribution in [0, 0.1) is 6.92 Å². The molecule has 2 aromatic carbocycles. The lowest BCUT2D eigenvalue weighted by Gasteiger charge is -2.27.